The van der Waals surface area contributed by atoms with Crippen LogP contribution in [0.1, 0.15) is 33.6 Å². The number of benzene rings is 2. The number of carbonyl (C=O) groups excluding carboxylic acids is 2. The van der Waals surface area contributed by atoms with Gasteiger partial charge >= 0.3 is 6.36 Å². The van der Waals surface area contributed by atoms with Gasteiger partial charge in [-0.3, -0.25) is 9.59 Å². The highest BCUT2D eigenvalue weighted by Gasteiger charge is 2.31. The summed E-state index contributed by atoms with van der Waals surface area (Å²) in [6, 6.07) is 11.2. The summed E-state index contributed by atoms with van der Waals surface area (Å²) in [5, 5.41) is 5.47. The molecule has 1 saturated carbocycles. The van der Waals surface area contributed by atoms with E-state index < -0.39 is 18.0 Å². The van der Waals surface area contributed by atoms with Crippen molar-refractivity contribution in [1.29, 1.82) is 0 Å². The van der Waals surface area contributed by atoms with Crippen LogP contribution in [0.2, 0.25) is 0 Å². The summed E-state index contributed by atoms with van der Waals surface area (Å²) >= 11 is 0. The summed E-state index contributed by atoms with van der Waals surface area (Å²) in [5.74, 6) is -1.05. The molecule has 0 saturated heterocycles. The van der Waals surface area contributed by atoms with Gasteiger partial charge in [-0.15, -0.1) is 13.2 Å². The zero-order valence-corrected chi connectivity index (χ0v) is 13.5. The van der Waals surface area contributed by atoms with Crippen LogP contribution in [-0.2, 0) is 0 Å². The molecule has 0 aliphatic heterocycles. The van der Waals surface area contributed by atoms with Crippen LogP contribution in [0.3, 0.4) is 0 Å². The van der Waals surface area contributed by atoms with Crippen molar-refractivity contribution in [2.45, 2.75) is 25.2 Å². The van der Waals surface area contributed by atoms with Crippen LogP contribution in [0.4, 0.5) is 18.9 Å². The van der Waals surface area contributed by atoms with Gasteiger partial charge < -0.3 is 15.4 Å². The maximum absolute atomic E-state index is 12.1. The maximum atomic E-state index is 12.1. The molecule has 1 aliphatic carbocycles. The van der Waals surface area contributed by atoms with Gasteiger partial charge in [-0.25, -0.2) is 0 Å². The number of rotatable bonds is 5. The van der Waals surface area contributed by atoms with Crippen molar-refractivity contribution in [2.24, 2.45) is 0 Å². The Hall–Kier alpha value is -3.03. The van der Waals surface area contributed by atoms with Gasteiger partial charge in [0, 0.05) is 22.9 Å². The Morgan fingerprint density at radius 3 is 1.96 bits per heavy atom. The van der Waals surface area contributed by atoms with E-state index in [1.165, 1.54) is 12.1 Å². The Morgan fingerprint density at radius 2 is 1.42 bits per heavy atom. The quantitative estimate of drug-likeness (QED) is 0.850. The lowest BCUT2D eigenvalue weighted by molar-refractivity contribution is -0.274. The number of halogens is 3. The first-order valence-corrected chi connectivity index (χ1v) is 7.88. The summed E-state index contributed by atoms with van der Waals surface area (Å²) < 4.78 is 40.1. The van der Waals surface area contributed by atoms with Gasteiger partial charge in [0.15, 0.2) is 0 Å². The van der Waals surface area contributed by atoms with Crippen molar-refractivity contribution in [2.75, 3.05) is 5.32 Å². The first kappa shape index (κ1) is 17.8. The molecule has 0 bridgehead atoms. The van der Waals surface area contributed by atoms with E-state index in [4.69, 9.17) is 0 Å². The molecule has 0 spiro atoms. The number of hydrogen-bond acceptors (Lipinski definition) is 3. The molecule has 0 aromatic heterocycles. The van der Waals surface area contributed by atoms with Crippen molar-refractivity contribution in [1.82, 2.24) is 5.32 Å². The zero-order chi connectivity index (χ0) is 18.7. The lowest BCUT2D eigenvalue weighted by atomic mass is 10.1. The number of anilines is 1. The van der Waals surface area contributed by atoms with E-state index in [0.717, 1.165) is 25.0 Å². The Kier molecular flexibility index (Phi) is 4.83. The van der Waals surface area contributed by atoms with Crippen LogP contribution in [0, 0.1) is 0 Å². The highest BCUT2D eigenvalue weighted by molar-refractivity contribution is 6.04. The molecule has 5 nitrogen and oxygen atoms in total. The largest absolute Gasteiger partial charge is 0.573 e. The summed E-state index contributed by atoms with van der Waals surface area (Å²) in [4.78, 5) is 24.0. The van der Waals surface area contributed by atoms with E-state index >= 15 is 0 Å². The number of alkyl halides is 3. The molecule has 0 atom stereocenters. The van der Waals surface area contributed by atoms with Crippen LogP contribution in [0.15, 0.2) is 48.5 Å². The predicted octanol–water partition coefficient (Wildman–Crippen LogP) is 3.73. The number of hydrogen-bond donors (Lipinski definition) is 2. The third-order valence-corrected chi connectivity index (χ3v) is 3.67. The highest BCUT2D eigenvalue weighted by Crippen LogP contribution is 2.23. The van der Waals surface area contributed by atoms with Crippen molar-refractivity contribution in [3.63, 3.8) is 0 Å². The standard InChI is InChI=1S/C18H15F3N2O3/c19-18(20,21)26-15-9-3-12(4-10-15)17(25)22-13-5-1-11(2-6-13)16(24)23-14-7-8-14/h1-6,9-10,14H,7-8H2,(H,22,25)(H,23,24). The summed E-state index contributed by atoms with van der Waals surface area (Å²) in [6.07, 6.45) is -2.79. The molecule has 1 fully saturated rings. The molecule has 1 aliphatic rings. The Labute approximate surface area is 147 Å². The average molecular weight is 364 g/mol. The van der Waals surface area contributed by atoms with Gasteiger partial charge in [0.2, 0.25) is 0 Å². The molecule has 8 heteroatoms. The van der Waals surface area contributed by atoms with Gasteiger partial charge in [-0.1, -0.05) is 0 Å². The molecule has 0 radical (unpaired) electrons. The fourth-order valence-electron chi connectivity index (χ4n) is 2.21. The molecule has 3 rings (SSSR count). The number of ether oxygens (including phenoxy) is 1. The number of carbonyl (C=O) groups is 2. The minimum atomic E-state index is -4.78. The van der Waals surface area contributed by atoms with Crippen LogP contribution in [0.25, 0.3) is 0 Å². The molecule has 2 aromatic carbocycles. The molecule has 2 N–H and O–H groups in total. The van der Waals surface area contributed by atoms with E-state index in [1.54, 1.807) is 24.3 Å². The maximum Gasteiger partial charge on any atom is 0.573 e. The number of nitrogens with one attached hydrogen (secondary N) is 2. The second-order valence-corrected chi connectivity index (χ2v) is 5.85. The molecule has 2 aromatic rings. The minimum Gasteiger partial charge on any atom is -0.406 e. The molecule has 0 heterocycles. The first-order chi connectivity index (χ1) is 12.3. The van der Waals surface area contributed by atoms with E-state index in [2.05, 4.69) is 15.4 Å². The van der Waals surface area contributed by atoms with E-state index in [1.807, 2.05) is 0 Å². The van der Waals surface area contributed by atoms with Crippen LogP contribution in [-0.4, -0.2) is 24.2 Å². The molecule has 26 heavy (non-hydrogen) atoms. The van der Waals surface area contributed by atoms with Crippen molar-refractivity contribution in [3.05, 3.63) is 59.7 Å². The van der Waals surface area contributed by atoms with Gasteiger partial charge in [0.25, 0.3) is 11.8 Å². The summed E-state index contributed by atoms with van der Waals surface area (Å²) in [7, 11) is 0. The Balaban J connectivity index is 1.59. The third-order valence-electron chi connectivity index (χ3n) is 3.67. The van der Waals surface area contributed by atoms with Gasteiger partial charge in [0.1, 0.15) is 5.75 Å². The topological polar surface area (TPSA) is 67.4 Å². The van der Waals surface area contributed by atoms with Gasteiger partial charge in [-0.05, 0) is 61.4 Å². The Bertz CT molecular complexity index is 798. The van der Waals surface area contributed by atoms with Crippen molar-refractivity contribution >= 4 is 17.5 Å². The minimum absolute atomic E-state index is 0.161. The van der Waals surface area contributed by atoms with Gasteiger partial charge in [-0.2, -0.15) is 0 Å². The van der Waals surface area contributed by atoms with Crippen LogP contribution < -0.4 is 15.4 Å². The average Bonchev–Trinajstić information content (AvgIpc) is 3.38. The molecule has 2 amide bonds. The second kappa shape index (κ2) is 7.07. The van der Waals surface area contributed by atoms with E-state index in [0.29, 0.717) is 11.3 Å². The Morgan fingerprint density at radius 1 is 0.885 bits per heavy atom. The smallest absolute Gasteiger partial charge is 0.406 e. The predicted molar refractivity (Wildman–Crippen MR) is 88.0 cm³/mol. The molecule has 0 unspecified atom stereocenters. The highest BCUT2D eigenvalue weighted by atomic mass is 19.4. The van der Waals surface area contributed by atoms with E-state index in [-0.39, 0.29) is 17.5 Å². The number of amides is 2. The second-order valence-electron chi connectivity index (χ2n) is 5.85. The fraction of sp³-hybridized carbons (Fsp3) is 0.222. The van der Waals surface area contributed by atoms with Crippen molar-refractivity contribution in [3.8, 4) is 5.75 Å². The normalized spacial score (nSPS) is 13.8. The SMILES string of the molecule is O=C(Nc1ccc(C(=O)NC2CC2)cc1)c1ccc(OC(F)(F)F)cc1. The zero-order valence-electron chi connectivity index (χ0n) is 13.5. The first-order valence-electron chi connectivity index (χ1n) is 7.88. The molecule has 136 valence electrons. The summed E-state index contributed by atoms with van der Waals surface area (Å²) in [5.41, 5.74) is 1.13. The van der Waals surface area contributed by atoms with Crippen LogP contribution in [0.5, 0.6) is 5.75 Å². The monoisotopic (exact) mass is 364 g/mol. The van der Waals surface area contributed by atoms with E-state index in [9.17, 15) is 22.8 Å². The lowest BCUT2D eigenvalue weighted by Gasteiger charge is -2.10. The van der Waals surface area contributed by atoms with Gasteiger partial charge in [0.05, 0.1) is 0 Å². The fourth-order valence-corrected chi connectivity index (χ4v) is 2.21. The molecular weight excluding hydrogens is 349 g/mol. The summed E-state index contributed by atoms with van der Waals surface area (Å²) in [6.45, 7) is 0. The lowest BCUT2D eigenvalue weighted by Crippen LogP contribution is -2.25. The van der Waals surface area contributed by atoms with Crippen molar-refractivity contribution < 1.29 is 27.5 Å². The molecular formula is C18H15F3N2O3. The van der Waals surface area contributed by atoms with Crippen LogP contribution >= 0.6 is 0 Å². The third kappa shape index (κ3) is 4.98.